The first-order valence-electron chi connectivity index (χ1n) is 17.0. The first-order valence-corrected chi connectivity index (χ1v) is 18.6. The Kier molecular flexibility index (Phi) is 8.35. The smallest absolute Gasteiger partial charge is 0.359 e. The lowest BCUT2D eigenvalue weighted by atomic mass is 9.60. The van der Waals surface area contributed by atoms with E-state index in [-0.39, 0.29) is 53.8 Å². The van der Waals surface area contributed by atoms with Crippen LogP contribution in [-0.4, -0.2) is 110 Å². The summed E-state index contributed by atoms with van der Waals surface area (Å²) in [4.78, 5) is 27.4. The van der Waals surface area contributed by atoms with Crippen LogP contribution in [0.15, 0.2) is 24.3 Å². The number of nitrogens with one attached hydrogen (secondary N) is 1. The number of fused-ring (bicyclic) bond motifs is 5. The van der Waals surface area contributed by atoms with Gasteiger partial charge in [-0.15, -0.1) is 0 Å². The van der Waals surface area contributed by atoms with E-state index in [1.54, 1.807) is 4.31 Å². The molecule has 1 amide bonds. The number of quaternary nitrogens is 1. The maximum atomic E-state index is 14.2. The molecule has 2 saturated carbocycles. The number of sulfonamides is 1. The molecule has 6 aliphatic rings. The number of aliphatic hydroxyl groups is 1. The molecule has 4 bridgehead atoms. The van der Waals surface area contributed by atoms with Crippen LogP contribution in [-0.2, 0) is 19.6 Å². The second-order valence-corrected chi connectivity index (χ2v) is 17.7. The Bertz CT molecular complexity index is 1420. The van der Waals surface area contributed by atoms with E-state index >= 15 is 0 Å². The minimum Gasteiger partial charge on any atom is -0.477 e. The van der Waals surface area contributed by atoms with Crippen molar-refractivity contribution in [3.8, 4) is 0 Å². The topological polar surface area (TPSA) is 127 Å². The standard InChI is InChI=1S/C34H52N4O6S/c1-24-7-5-6-8-29(24)36-13-15-37(16-14-36)45(43,44)23-33-12-9-27(32(33,3)4)19-34(33,42)25(2)20-35-31(41)28-21-38(22-30(39)40)17-10-26(28)11-18-38/h5-8,25-28,42H,9-23H2,1-4H3,(H-,35,39,40,41)/p+1/t25?,26?,27-,28?,33+,34+,38?/m1/s1. The zero-order chi connectivity index (χ0) is 32.4. The number of carbonyl (C=O) groups excluding carboxylic acids is 1. The number of hydrogen-bond acceptors (Lipinski definition) is 6. The predicted octanol–water partition coefficient (Wildman–Crippen LogP) is 2.70. The normalized spacial score (nSPS) is 36.6. The molecule has 4 aliphatic heterocycles. The van der Waals surface area contributed by atoms with Crippen LogP contribution in [0.3, 0.4) is 0 Å². The van der Waals surface area contributed by atoms with Gasteiger partial charge < -0.3 is 24.9 Å². The van der Waals surface area contributed by atoms with Gasteiger partial charge in [-0.05, 0) is 55.1 Å². The number of carbonyl (C=O) groups is 2. The van der Waals surface area contributed by atoms with Crippen molar-refractivity contribution in [1.29, 1.82) is 0 Å². The van der Waals surface area contributed by atoms with Crippen LogP contribution < -0.4 is 10.2 Å². The van der Waals surface area contributed by atoms with E-state index in [0.29, 0.717) is 50.0 Å². The SMILES string of the molecule is Cc1ccccc1N1CCN(S(=O)(=O)C[C@]23CC[C@H](C[C@]2(O)C(C)CNC(=O)C2C[N+]4(CC(=O)O)CCC2CC4)C3(C)C)CC1. The van der Waals surface area contributed by atoms with E-state index in [0.717, 1.165) is 38.0 Å². The van der Waals surface area contributed by atoms with E-state index in [9.17, 15) is 28.2 Å². The molecular formula is C34H53N4O6S+. The molecule has 3 N–H and O–H groups in total. The molecule has 7 rings (SSSR count). The molecule has 2 unspecified atom stereocenters. The summed E-state index contributed by atoms with van der Waals surface area (Å²) in [5.74, 6) is -1.03. The molecule has 4 heterocycles. The Hall–Kier alpha value is -2.21. The second-order valence-electron chi connectivity index (χ2n) is 15.7. The lowest BCUT2D eigenvalue weighted by Crippen LogP contribution is -2.65. The number of rotatable bonds is 10. The van der Waals surface area contributed by atoms with Crippen molar-refractivity contribution in [2.24, 2.45) is 34.5 Å². The summed E-state index contributed by atoms with van der Waals surface area (Å²) < 4.78 is 30.4. The first-order chi connectivity index (χ1) is 21.1. The summed E-state index contributed by atoms with van der Waals surface area (Å²) in [5, 5.41) is 25.2. The maximum Gasteiger partial charge on any atom is 0.359 e. The highest BCUT2D eigenvalue weighted by Gasteiger charge is 2.73. The van der Waals surface area contributed by atoms with Crippen molar-refractivity contribution in [2.75, 3.05) is 69.6 Å². The van der Waals surface area contributed by atoms with Crippen molar-refractivity contribution in [1.82, 2.24) is 9.62 Å². The van der Waals surface area contributed by atoms with E-state index in [1.165, 1.54) is 5.56 Å². The predicted molar refractivity (Wildman–Crippen MR) is 173 cm³/mol. The number of piperazine rings is 1. The van der Waals surface area contributed by atoms with Gasteiger partial charge in [-0.2, -0.15) is 4.31 Å². The average Bonchev–Trinajstić information content (AvgIpc) is 3.33. The number of benzene rings is 1. The Morgan fingerprint density at radius 2 is 1.76 bits per heavy atom. The fraction of sp³-hybridized carbons (Fsp3) is 0.765. The summed E-state index contributed by atoms with van der Waals surface area (Å²) in [6, 6.07) is 8.20. The van der Waals surface area contributed by atoms with Gasteiger partial charge in [-0.1, -0.05) is 39.0 Å². The van der Waals surface area contributed by atoms with Crippen LogP contribution in [0.25, 0.3) is 0 Å². The molecular weight excluding hydrogens is 592 g/mol. The molecule has 6 fully saturated rings. The molecule has 1 aromatic rings. The number of anilines is 1. The number of nitrogens with zero attached hydrogens (tertiary/aromatic N) is 3. The van der Waals surface area contributed by atoms with Crippen LogP contribution >= 0.6 is 0 Å². The third-order valence-electron chi connectivity index (χ3n) is 13.4. The van der Waals surface area contributed by atoms with Gasteiger partial charge in [0.2, 0.25) is 15.9 Å². The fourth-order valence-corrected chi connectivity index (χ4v) is 12.7. The molecule has 0 aromatic heterocycles. The van der Waals surface area contributed by atoms with Crippen LogP contribution in [0.5, 0.6) is 0 Å². The molecule has 1 aromatic carbocycles. The van der Waals surface area contributed by atoms with Crippen LogP contribution in [0.2, 0.25) is 0 Å². The molecule has 10 nitrogen and oxygen atoms in total. The van der Waals surface area contributed by atoms with Crippen molar-refractivity contribution >= 4 is 27.6 Å². The van der Waals surface area contributed by atoms with E-state index < -0.39 is 27.0 Å². The van der Waals surface area contributed by atoms with Crippen molar-refractivity contribution < 1.29 is 32.7 Å². The van der Waals surface area contributed by atoms with Crippen molar-refractivity contribution in [3.63, 3.8) is 0 Å². The highest BCUT2D eigenvalue weighted by Crippen LogP contribution is 2.71. The lowest BCUT2D eigenvalue weighted by Gasteiger charge is -2.52. The van der Waals surface area contributed by atoms with Gasteiger partial charge in [0, 0.05) is 62.6 Å². The molecule has 11 heteroatoms. The highest BCUT2D eigenvalue weighted by atomic mass is 32.2. The summed E-state index contributed by atoms with van der Waals surface area (Å²) in [5.41, 5.74) is -0.0780. The van der Waals surface area contributed by atoms with Gasteiger partial charge in [0.25, 0.3) is 0 Å². The van der Waals surface area contributed by atoms with E-state index in [1.807, 2.05) is 19.1 Å². The van der Waals surface area contributed by atoms with Gasteiger partial charge in [0.15, 0.2) is 6.54 Å². The van der Waals surface area contributed by atoms with Crippen LogP contribution in [0.4, 0.5) is 5.69 Å². The molecule has 2 aliphatic carbocycles. The number of piperidine rings is 3. The number of carboxylic acid groups (broad SMARTS) is 1. The van der Waals surface area contributed by atoms with Gasteiger partial charge in [0.05, 0.1) is 36.9 Å². The monoisotopic (exact) mass is 645 g/mol. The highest BCUT2D eigenvalue weighted by molar-refractivity contribution is 7.89. The third kappa shape index (κ3) is 5.39. The number of hydrogen-bond donors (Lipinski definition) is 3. The first kappa shape index (κ1) is 32.7. The van der Waals surface area contributed by atoms with Crippen molar-refractivity contribution in [2.45, 2.75) is 65.4 Å². The Balaban J connectivity index is 1.14. The van der Waals surface area contributed by atoms with Gasteiger partial charge in [-0.3, -0.25) is 4.79 Å². The largest absolute Gasteiger partial charge is 0.477 e. The Labute approximate surface area is 268 Å². The van der Waals surface area contributed by atoms with Crippen molar-refractivity contribution in [3.05, 3.63) is 29.8 Å². The number of carboxylic acids is 1. The number of aryl methyl sites for hydroxylation is 1. The van der Waals surface area contributed by atoms with Gasteiger partial charge >= 0.3 is 5.97 Å². The third-order valence-corrected chi connectivity index (χ3v) is 15.4. The molecule has 45 heavy (non-hydrogen) atoms. The molecule has 0 spiro atoms. The maximum absolute atomic E-state index is 14.2. The molecule has 4 saturated heterocycles. The second kappa shape index (κ2) is 11.5. The molecule has 0 radical (unpaired) electrons. The van der Waals surface area contributed by atoms with E-state index in [2.05, 4.69) is 43.1 Å². The average molecular weight is 646 g/mol. The lowest BCUT2D eigenvalue weighted by molar-refractivity contribution is -0.939. The zero-order valence-corrected chi connectivity index (χ0v) is 28.3. The Morgan fingerprint density at radius 3 is 2.38 bits per heavy atom. The summed E-state index contributed by atoms with van der Waals surface area (Å²) >= 11 is 0. The molecule has 250 valence electrons. The number of aliphatic carboxylic acids is 1. The fourth-order valence-electron chi connectivity index (χ4n) is 10.4. The van der Waals surface area contributed by atoms with Gasteiger partial charge in [-0.25, -0.2) is 13.2 Å². The van der Waals surface area contributed by atoms with E-state index in [4.69, 9.17) is 0 Å². The molecule has 5 atom stereocenters. The minimum atomic E-state index is -3.66. The summed E-state index contributed by atoms with van der Waals surface area (Å²) in [6.45, 7) is 12.9. The van der Waals surface area contributed by atoms with Crippen LogP contribution in [0.1, 0.15) is 58.4 Å². The zero-order valence-electron chi connectivity index (χ0n) is 27.5. The van der Waals surface area contributed by atoms with Crippen LogP contribution in [0, 0.1) is 41.4 Å². The number of para-hydroxylation sites is 1. The Morgan fingerprint density at radius 1 is 1.09 bits per heavy atom. The summed E-state index contributed by atoms with van der Waals surface area (Å²) in [6.07, 6.45) is 3.82. The number of amides is 1. The quantitative estimate of drug-likeness (QED) is 0.334. The van der Waals surface area contributed by atoms with Gasteiger partial charge in [0.1, 0.15) is 0 Å². The summed E-state index contributed by atoms with van der Waals surface area (Å²) in [7, 11) is -3.66. The minimum absolute atomic E-state index is 0.0566.